The third-order valence-corrected chi connectivity index (χ3v) is 6.74. The van der Waals surface area contributed by atoms with Gasteiger partial charge >= 0.3 is 5.97 Å². The average Bonchev–Trinajstić information content (AvgIpc) is 3.58. The number of hydrogen-bond acceptors (Lipinski definition) is 9. The number of ketones is 1. The third-order valence-electron chi connectivity index (χ3n) is 5.85. The Morgan fingerprint density at radius 2 is 1.89 bits per heavy atom. The predicted molar refractivity (Wildman–Crippen MR) is 132 cm³/mol. The summed E-state index contributed by atoms with van der Waals surface area (Å²) >= 11 is 1.58. The van der Waals surface area contributed by atoms with Gasteiger partial charge in [0.25, 0.3) is 0 Å². The van der Waals surface area contributed by atoms with Crippen molar-refractivity contribution in [2.45, 2.75) is 37.8 Å². The number of benzene rings is 1. The van der Waals surface area contributed by atoms with E-state index in [1.54, 1.807) is 35.6 Å². The first-order chi connectivity index (χ1) is 16.8. The fourth-order valence-corrected chi connectivity index (χ4v) is 4.27. The molecule has 8 nitrogen and oxygen atoms in total. The zero-order chi connectivity index (χ0) is 25.0. The predicted octanol–water partition coefficient (Wildman–Crippen LogP) is 3.31. The molecule has 9 heteroatoms. The number of esters is 1. The second-order valence-electron chi connectivity index (χ2n) is 8.82. The van der Waals surface area contributed by atoms with Gasteiger partial charge in [0.15, 0.2) is 5.78 Å². The number of aliphatic hydroxyl groups excluding tert-OH is 2. The molecule has 0 spiro atoms. The van der Waals surface area contributed by atoms with Crippen LogP contribution >= 0.6 is 11.3 Å². The molecular weight excluding hydrogens is 468 g/mol. The SMILES string of the molecule is CC(=O)c1c(C2CC2)cc(-c2cccs2)nc1OCc1ccc(C(=O)OCC(N)(CO)CO)cc1. The lowest BCUT2D eigenvalue weighted by Gasteiger charge is -2.23. The van der Waals surface area contributed by atoms with Crippen LogP contribution in [-0.4, -0.2) is 52.3 Å². The molecule has 1 aliphatic carbocycles. The van der Waals surface area contributed by atoms with E-state index in [9.17, 15) is 19.8 Å². The highest BCUT2D eigenvalue weighted by Crippen LogP contribution is 2.45. The number of rotatable bonds is 11. The Hall–Kier alpha value is -3.11. The summed E-state index contributed by atoms with van der Waals surface area (Å²) in [6.45, 7) is 0.359. The fraction of sp³-hybridized carbons (Fsp3) is 0.346. The van der Waals surface area contributed by atoms with Gasteiger partial charge in [0.1, 0.15) is 13.2 Å². The lowest BCUT2D eigenvalue weighted by Crippen LogP contribution is -2.51. The highest BCUT2D eigenvalue weighted by molar-refractivity contribution is 7.13. The van der Waals surface area contributed by atoms with E-state index in [-0.39, 0.29) is 19.0 Å². The van der Waals surface area contributed by atoms with Crippen LogP contribution in [0, 0.1) is 0 Å². The van der Waals surface area contributed by atoms with E-state index >= 15 is 0 Å². The van der Waals surface area contributed by atoms with E-state index in [4.69, 9.17) is 15.2 Å². The van der Waals surface area contributed by atoms with Crippen LogP contribution in [0.4, 0.5) is 0 Å². The molecule has 1 fully saturated rings. The van der Waals surface area contributed by atoms with E-state index in [0.717, 1.165) is 34.5 Å². The second kappa shape index (κ2) is 10.7. The van der Waals surface area contributed by atoms with Gasteiger partial charge in [-0.2, -0.15) is 0 Å². The molecule has 2 aromatic heterocycles. The minimum absolute atomic E-state index is 0.0769. The highest BCUT2D eigenvalue weighted by atomic mass is 32.1. The normalized spacial score (nSPS) is 13.5. The van der Waals surface area contributed by atoms with Crippen LogP contribution < -0.4 is 10.5 Å². The number of nitrogens with zero attached hydrogens (tertiary/aromatic N) is 1. The number of aliphatic hydroxyl groups is 2. The van der Waals surface area contributed by atoms with Crippen LogP contribution in [0.3, 0.4) is 0 Å². The van der Waals surface area contributed by atoms with Crippen molar-refractivity contribution in [3.63, 3.8) is 0 Å². The maximum Gasteiger partial charge on any atom is 0.338 e. The number of nitrogens with two attached hydrogens (primary N) is 1. The van der Waals surface area contributed by atoms with Gasteiger partial charge in [0.2, 0.25) is 5.88 Å². The van der Waals surface area contributed by atoms with Crippen molar-refractivity contribution in [3.05, 3.63) is 70.1 Å². The molecule has 0 amide bonds. The average molecular weight is 497 g/mol. The van der Waals surface area contributed by atoms with Crippen molar-refractivity contribution in [1.29, 1.82) is 0 Å². The summed E-state index contributed by atoms with van der Waals surface area (Å²) in [5, 5.41) is 20.4. The van der Waals surface area contributed by atoms with Gasteiger partial charge in [-0.15, -0.1) is 11.3 Å². The number of Topliss-reactive ketones (excluding diaryl/α,β-unsaturated/α-hetero) is 1. The van der Waals surface area contributed by atoms with Gasteiger partial charge in [-0.05, 0) is 66.5 Å². The molecule has 0 bridgehead atoms. The Balaban J connectivity index is 1.49. The van der Waals surface area contributed by atoms with Gasteiger partial charge in [-0.25, -0.2) is 9.78 Å². The molecule has 0 saturated heterocycles. The van der Waals surface area contributed by atoms with Crippen LogP contribution in [-0.2, 0) is 11.3 Å². The fourth-order valence-electron chi connectivity index (χ4n) is 3.59. The molecule has 4 rings (SSSR count). The van der Waals surface area contributed by atoms with Gasteiger partial charge in [-0.3, -0.25) is 4.79 Å². The summed E-state index contributed by atoms with van der Waals surface area (Å²) in [5.41, 5.74) is 7.74. The highest BCUT2D eigenvalue weighted by Gasteiger charge is 2.31. The van der Waals surface area contributed by atoms with Gasteiger partial charge in [0, 0.05) is 0 Å². The van der Waals surface area contributed by atoms with E-state index in [2.05, 4.69) is 4.98 Å². The number of thiophene rings is 1. The van der Waals surface area contributed by atoms with Crippen LogP contribution in [0.25, 0.3) is 10.6 Å². The van der Waals surface area contributed by atoms with Crippen LogP contribution in [0.5, 0.6) is 5.88 Å². The molecule has 4 N–H and O–H groups in total. The topological polar surface area (TPSA) is 132 Å². The van der Waals surface area contributed by atoms with Crippen molar-refractivity contribution < 1.29 is 29.3 Å². The maximum atomic E-state index is 12.5. The molecular formula is C26H28N2O6S. The van der Waals surface area contributed by atoms with Crippen LogP contribution in [0.15, 0.2) is 47.8 Å². The Labute approximate surface area is 207 Å². The Bertz CT molecular complexity index is 1190. The zero-order valence-electron chi connectivity index (χ0n) is 19.4. The molecule has 1 aliphatic rings. The van der Waals surface area contributed by atoms with Crippen molar-refractivity contribution in [2.75, 3.05) is 19.8 Å². The van der Waals surface area contributed by atoms with E-state index in [1.807, 2.05) is 23.6 Å². The first-order valence-corrected chi connectivity index (χ1v) is 12.2. The lowest BCUT2D eigenvalue weighted by atomic mass is 10.0. The summed E-state index contributed by atoms with van der Waals surface area (Å²) in [7, 11) is 0. The summed E-state index contributed by atoms with van der Waals surface area (Å²) < 4.78 is 11.2. The minimum Gasteiger partial charge on any atom is -0.472 e. The number of aromatic nitrogens is 1. The van der Waals surface area contributed by atoms with Gasteiger partial charge in [0.05, 0.1) is 40.5 Å². The van der Waals surface area contributed by atoms with Crippen molar-refractivity contribution >= 4 is 23.1 Å². The second-order valence-corrected chi connectivity index (χ2v) is 9.77. The standard InChI is InChI=1S/C26H28N2O6S/c1-16(31)23-20(18-8-9-18)11-21(22-3-2-10-35-22)28-24(23)33-12-17-4-6-19(7-5-17)25(32)34-15-26(27,13-29)14-30/h2-7,10-11,18,29-30H,8-9,12-15,27H2,1H3. The smallest absolute Gasteiger partial charge is 0.338 e. The zero-order valence-corrected chi connectivity index (χ0v) is 20.2. The van der Waals surface area contributed by atoms with E-state index in [1.165, 1.54) is 6.92 Å². The number of carbonyl (C=O) groups excluding carboxylic acids is 2. The van der Waals surface area contributed by atoms with E-state index < -0.39 is 24.7 Å². The molecule has 35 heavy (non-hydrogen) atoms. The lowest BCUT2D eigenvalue weighted by molar-refractivity contribution is 0.0209. The van der Waals surface area contributed by atoms with Crippen molar-refractivity contribution in [3.8, 4) is 16.5 Å². The minimum atomic E-state index is -1.39. The quantitative estimate of drug-likeness (QED) is 0.272. The first kappa shape index (κ1) is 25.0. The molecule has 0 aliphatic heterocycles. The van der Waals surface area contributed by atoms with Crippen molar-refractivity contribution in [2.24, 2.45) is 5.73 Å². The van der Waals surface area contributed by atoms with Crippen LogP contribution in [0.1, 0.15) is 57.5 Å². The Kier molecular flexibility index (Phi) is 7.61. The Morgan fingerprint density at radius 1 is 1.17 bits per heavy atom. The molecule has 1 aromatic carbocycles. The van der Waals surface area contributed by atoms with Crippen LogP contribution in [0.2, 0.25) is 0 Å². The third kappa shape index (κ3) is 5.94. The molecule has 0 unspecified atom stereocenters. The first-order valence-electron chi connectivity index (χ1n) is 11.3. The summed E-state index contributed by atoms with van der Waals surface area (Å²) in [5.74, 6) is -0.0207. The molecule has 184 valence electrons. The summed E-state index contributed by atoms with van der Waals surface area (Å²) in [6.07, 6.45) is 2.10. The largest absolute Gasteiger partial charge is 0.472 e. The molecule has 0 atom stereocenters. The number of ether oxygens (including phenoxy) is 2. The van der Waals surface area contributed by atoms with E-state index in [0.29, 0.717) is 22.9 Å². The number of pyridine rings is 1. The maximum absolute atomic E-state index is 12.5. The summed E-state index contributed by atoms with van der Waals surface area (Å²) in [6, 6.07) is 12.6. The molecule has 1 saturated carbocycles. The summed E-state index contributed by atoms with van der Waals surface area (Å²) in [4.78, 5) is 30.5. The van der Waals surface area contributed by atoms with Crippen molar-refractivity contribution in [1.82, 2.24) is 4.98 Å². The monoisotopic (exact) mass is 496 g/mol. The molecule has 3 aromatic rings. The van der Waals surface area contributed by atoms with Gasteiger partial charge < -0.3 is 25.4 Å². The van der Waals surface area contributed by atoms with Gasteiger partial charge in [-0.1, -0.05) is 18.2 Å². The number of carbonyl (C=O) groups is 2. The Morgan fingerprint density at radius 3 is 2.46 bits per heavy atom. The number of hydrogen-bond donors (Lipinski definition) is 3. The molecule has 2 heterocycles. The molecule has 0 radical (unpaired) electrons.